The van der Waals surface area contributed by atoms with E-state index in [9.17, 15) is 19.5 Å². The molecular weight excluding hydrogens is 648 g/mol. The highest BCUT2D eigenvalue weighted by Crippen LogP contribution is 2.61. The van der Waals surface area contributed by atoms with Gasteiger partial charge in [0.25, 0.3) is 5.91 Å². The maximum atomic E-state index is 14.8. The fraction of sp³-hybridized carbons (Fsp3) is 0.441. The van der Waals surface area contributed by atoms with Gasteiger partial charge in [0.2, 0.25) is 5.91 Å². The number of hydrogen-bond acceptors (Lipinski definition) is 6. The number of esters is 1. The third-order valence-corrected chi connectivity index (χ3v) is 10.1. The van der Waals surface area contributed by atoms with Crippen LogP contribution in [0.4, 0.5) is 5.69 Å². The van der Waals surface area contributed by atoms with Gasteiger partial charge in [0.1, 0.15) is 11.6 Å². The number of allylic oxidation sites excluding steroid dienone is 1. The maximum Gasteiger partial charge on any atom is 0.312 e. The first-order chi connectivity index (χ1) is 21.3. The van der Waals surface area contributed by atoms with E-state index < -0.39 is 53.4 Å². The molecule has 3 fully saturated rings. The minimum Gasteiger partial charge on any atom is -0.465 e. The van der Waals surface area contributed by atoms with Crippen LogP contribution >= 0.6 is 27.5 Å². The van der Waals surface area contributed by atoms with Crippen LogP contribution < -0.4 is 4.90 Å². The van der Waals surface area contributed by atoms with Crippen LogP contribution in [0.2, 0.25) is 5.02 Å². The number of hydrogen-bond donors (Lipinski definition) is 1. The number of alkyl halides is 1. The van der Waals surface area contributed by atoms with Gasteiger partial charge in [0.05, 0.1) is 47.9 Å². The van der Waals surface area contributed by atoms with E-state index in [1.165, 1.54) is 9.80 Å². The second-order valence-electron chi connectivity index (χ2n) is 11.6. The lowest BCUT2D eigenvalue weighted by atomic mass is 9.70. The number of para-hydroxylation sites is 1. The van der Waals surface area contributed by atoms with Gasteiger partial charge in [-0.05, 0) is 49.8 Å². The van der Waals surface area contributed by atoms with Gasteiger partial charge in [-0.3, -0.25) is 14.4 Å². The van der Waals surface area contributed by atoms with Crippen molar-refractivity contribution in [3.63, 3.8) is 0 Å². The molecule has 0 radical (unpaired) electrons. The monoisotopic (exact) mass is 684 g/mol. The zero-order valence-corrected chi connectivity index (χ0v) is 26.9. The van der Waals surface area contributed by atoms with Gasteiger partial charge in [-0.1, -0.05) is 82.1 Å². The number of anilines is 1. The average molecular weight is 686 g/mol. The molecule has 3 aliphatic heterocycles. The third-order valence-electron chi connectivity index (χ3n) is 8.92. The number of benzene rings is 2. The zero-order chi connectivity index (χ0) is 31.4. The van der Waals surface area contributed by atoms with Crippen LogP contribution in [-0.2, 0) is 30.3 Å². The Kier molecular flexibility index (Phi) is 10.3. The van der Waals surface area contributed by atoms with Crippen LogP contribution in [0.15, 0.2) is 79.9 Å². The molecule has 234 valence electrons. The minimum absolute atomic E-state index is 0.127. The number of likely N-dealkylation sites (tertiary alicyclic amines) is 1. The van der Waals surface area contributed by atoms with E-state index in [-0.39, 0.29) is 24.6 Å². The van der Waals surface area contributed by atoms with Crippen LogP contribution in [0.25, 0.3) is 0 Å². The Hall–Kier alpha value is -2.98. The van der Waals surface area contributed by atoms with Crippen LogP contribution in [0.1, 0.15) is 31.2 Å². The lowest BCUT2D eigenvalue weighted by molar-refractivity contribution is -0.155. The van der Waals surface area contributed by atoms with Gasteiger partial charge < -0.3 is 24.4 Å². The van der Waals surface area contributed by atoms with E-state index in [1.54, 1.807) is 30.3 Å². The molecule has 5 rings (SSSR count). The quantitative estimate of drug-likeness (QED) is 0.129. The molecule has 3 unspecified atom stereocenters. The summed E-state index contributed by atoms with van der Waals surface area (Å²) in [5, 5.41) is 11.1. The molecule has 0 aliphatic carbocycles. The molecule has 2 amide bonds. The number of fused-ring (bicyclic) bond motifs is 1. The Morgan fingerprint density at radius 2 is 1.89 bits per heavy atom. The van der Waals surface area contributed by atoms with Crippen molar-refractivity contribution >= 4 is 51.0 Å². The van der Waals surface area contributed by atoms with E-state index in [0.717, 1.165) is 18.4 Å². The lowest BCUT2D eigenvalue weighted by Crippen LogP contribution is -2.59. The average Bonchev–Trinajstić information content (AvgIpc) is 3.62. The zero-order valence-electron chi connectivity index (χ0n) is 24.5. The van der Waals surface area contributed by atoms with E-state index in [4.69, 9.17) is 21.1 Å². The van der Waals surface area contributed by atoms with Crippen molar-refractivity contribution in [1.29, 1.82) is 0 Å². The summed E-state index contributed by atoms with van der Waals surface area (Å²) in [6.45, 7) is 7.53. The predicted molar refractivity (Wildman–Crippen MR) is 173 cm³/mol. The molecule has 44 heavy (non-hydrogen) atoms. The summed E-state index contributed by atoms with van der Waals surface area (Å²) in [5.74, 6) is -3.17. The number of carbonyl (C=O) groups excluding carboxylic acids is 3. The number of aliphatic hydroxyl groups excluding tert-OH is 1. The van der Waals surface area contributed by atoms with Crippen molar-refractivity contribution < 1.29 is 29.0 Å². The van der Waals surface area contributed by atoms with E-state index in [1.807, 2.05) is 36.4 Å². The van der Waals surface area contributed by atoms with Gasteiger partial charge >= 0.3 is 5.97 Å². The molecule has 1 N–H and O–H groups in total. The summed E-state index contributed by atoms with van der Waals surface area (Å²) >= 11 is 10.3. The third kappa shape index (κ3) is 5.87. The number of rotatable bonds is 14. The van der Waals surface area contributed by atoms with Crippen LogP contribution in [0.5, 0.6) is 0 Å². The second-order valence-corrected chi connectivity index (χ2v) is 13.2. The number of amides is 2. The Bertz CT molecular complexity index is 1390. The Balaban J connectivity index is 1.56. The summed E-state index contributed by atoms with van der Waals surface area (Å²) in [7, 11) is 0. The van der Waals surface area contributed by atoms with Crippen LogP contribution in [-0.4, -0.2) is 76.2 Å². The first-order valence-corrected chi connectivity index (χ1v) is 16.3. The second kappa shape index (κ2) is 14.0. The number of unbranched alkanes of at least 4 members (excludes halogenated alkanes) is 2. The van der Waals surface area contributed by atoms with Crippen molar-refractivity contribution in [2.24, 2.45) is 11.8 Å². The van der Waals surface area contributed by atoms with Gasteiger partial charge in [0, 0.05) is 11.4 Å². The molecule has 3 aliphatic rings. The van der Waals surface area contributed by atoms with E-state index in [2.05, 4.69) is 29.1 Å². The van der Waals surface area contributed by atoms with Crippen molar-refractivity contribution in [1.82, 2.24) is 4.90 Å². The van der Waals surface area contributed by atoms with E-state index in [0.29, 0.717) is 30.0 Å². The summed E-state index contributed by atoms with van der Waals surface area (Å²) in [5.41, 5.74) is 0.0474. The standard InChI is InChI=1S/C34H38BrClN2O6/c1-3-5-6-12-18-43-33(42)27-28-31(40)38(23(21-39)19-22-13-8-7-9-14-22)30(34(28)20-24(35)29(27)44-34)32(41)37(17-4-2)26-16-11-10-15-25(26)36/h3-4,7-11,13-16,23-24,27-30,39H,1-2,5-6,12,17-21H2/t23-,24?,27+,28+,29+,30?,34?/m1/s1. The number of carbonyl (C=O) groups is 3. The number of ether oxygens (including phenoxy) is 2. The van der Waals surface area contributed by atoms with Gasteiger partial charge in [-0.15, -0.1) is 13.2 Å². The smallest absolute Gasteiger partial charge is 0.312 e. The summed E-state index contributed by atoms with van der Waals surface area (Å²) < 4.78 is 12.3. The van der Waals surface area contributed by atoms with Gasteiger partial charge in [0.15, 0.2) is 0 Å². The van der Waals surface area contributed by atoms with Crippen molar-refractivity contribution in [2.45, 2.75) is 60.7 Å². The number of aliphatic hydroxyl groups is 1. The first kappa shape index (κ1) is 32.4. The highest BCUT2D eigenvalue weighted by molar-refractivity contribution is 9.09. The normalized spacial score (nSPS) is 27.6. The Labute approximate surface area is 271 Å². The molecule has 8 nitrogen and oxygen atoms in total. The molecule has 2 aromatic carbocycles. The number of halogens is 2. The molecule has 0 saturated carbocycles. The Morgan fingerprint density at radius 3 is 2.57 bits per heavy atom. The van der Waals surface area contributed by atoms with Crippen molar-refractivity contribution in [3.05, 3.63) is 90.5 Å². The lowest BCUT2D eigenvalue weighted by Gasteiger charge is -2.39. The molecule has 10 heteroatoms. The van der Waals surface area contributed by atoms with Gasteiger partial charge in [-0.25, -0.2) is 0 Å². The fourth-order valence-electron chi connectivity index (χ4n) is 7.06. The topological polar surface area (TPSA) is 96.4 Å². The fourth-order valence-corrected chi connectivity index (χ4v) is 8.24. The minimum atomic E-state index is -1.32. The SMILES string of the molecule is C=CCCCCOC(=O)[C@H]1[C@H]2C(=O)N([C@@H](CO)Cc3ccccc3)C(C(=O)N(CC=C)c3ccccc3Cl)C23CC(Br)[C@@H]1O3. The molecule has 2 aromatic rings. The first-order valence-electron chi connectivity index (χ1n) is 15.0. The predicted octanol–water partition coefficient (Wildman–Crippen LogP) is 5.11. The molecule has 7 atom stereocenters. The van der Waals surface area contributed by atoms with Crippen molar-refractivity contribution in [2.75, 3.05) is 24.7 Å². The van der Waals surface area contributed by atoms with Crippen LogP contribution in [0.3, 0.4) is 0 Å². The Morgan fingerprint density at radius 1 is 1.16 bits per heavy atom. The van der Waals surface area contributed by atoms with E-state index >= 15 is 0 Å². The summed E-state index contributed by atoms with van der Waals surface area (Å²) in [6.07, 6.45) is 5.73. The highest BCUT2D eigenvalue weighted by Gasteiger charge is 2.77. The largest absolute Gasteiger partial charge is 0.465 e. The number of nitrogens with zero attached hydrogens (tertiary/aromatic N) is 2. The molecule has 3 saturated heterocycles. The molecule has 3 heterocycles. The van der Waals surface area contributed by atoms with Crippen molar-refractivity contribution in [3.8, 4) is 0 Å². The summed E-state index contributed by atoms with van der Waals surface area (Å²) in [6, 6.07) is 14.6. The molecular formula is C34H38BrClN2O6. The van der Waals surface area contributed by atoms with Crippen LogP contribution in [0, 0.1) is 11.8 Å². The molecule has 0 aromatic heterocycles. The molecule has 1 spiro atoms. The van der Waals surface area contributed by atoms with Gasteiger partial charge in [-0.2, -0.15) is 0 Å². The summed E-state index contributed by atoms with van der Waals surface area (Å²) in [4.78, 5) is 45.7. The highest BCUT2D eigenvalue weighted by atomic mass is 79.9. The molecule has 2 bridgehead atoms. The maximum absolute atomic E-state index is 14.8.